The van der Waals surface area contributed by atoms with E-state index in [0.29, 0.717) is 22.9 Å². The summed E-state index contributed by atoms with van der Waals surface area (Å²) in [6.45, 7) is 1.65. The fourth-order valence-corrected chi connectivity index (χ4v) is 2.65. The zero-order valence-corrected chi connectivity index (χ0v) is 15.2. The van der Waals surface area contributed by atoms with E-state index in [0.717, 1.165) is 5.56 Å². The van der Waals surface area contributed by atoms with Crippen LogP contribution < -0.4 is 15.0 Å². The number of para-hydroxylation sites is 2. The molecule has 2 rings (SSSR count). The number of ketones is 1. The van der Waals surface area contributed by atoms with Gasteiger partial charge in [0.05, 0.1) is 12.8 Å². The van der Waals surface area contributed by atoms with Crippen molar-refractivity contribution in [3.05, 3.63) is 59.1 Å². The van der Waals surface area contributed by atoms with Crippen LogP contribution in [0, 0.1) is 0 Å². The Morgan fingerprint density at radius 1 is 1.23 bits per heavy atom. The molecule has 136 valence electrons. The number of nitrogens with one attached hydrogen (secondary N) is 1. The molecule has 0 saturated carbocycles. The van der Waals surface area contributed by atoms with Gasteiger partial charge < -0.3 is 15.0 Å². The molecule has 0 fully saturated rings. The van der Waals surface area contributed by atoms with Gasteiger partial charge in [-0.2, -0.15) is 0 Å². The minimum atomic E-state index is -0.983. The Morgan fingerprint density at radius 2 is 1.96 bits per heavy atom. The Bertz CT molecular complexity index is 810. The molecule has 0 aliphatic rings. The lowest BCUT2D eigenvalue weighted by Crippen LogP contribution is -2.45. The normalized spacial score (nSPS) is 11.3. The third-order valence-electron chi connectivity index (χ3n) is 3.84. The van der Waals surface area contributed by atoms with Crippen molar-refractivity contribution >= 4 is 35.4 Å². The zero-order valence-electron chi connectivity index (χ0n) is 14.4. The molecule has 0 radical (unpaired) electrons. The van der Waals surface area contributed by atoms with E-state index in [1.54, 1.807) is 48.5 Å². The van der Waals surface area contributed by atoms with E-state index in [4.69, 9.17) is 16.3 Å². The molecule has 7 heteroatoms. The quantitative estimate of drug-likeness (QED) is 0.569. The molecule has 2 aromatic carbocycles. The molecule has 2 aromatic rings. The van der Waals surface area contributed by atoms with Crippen molar-refractivity contribution in [2.24, 2.45) is 0 Å². The summed E-state index contributed by atoms with van der Waals surface area (Å²) in [6.07, 6.45) is 0.505. The lowest BCUT2D eigenvalue weighted by atomic mass is 10.1. The highest BCUT2D eigenvalue weighted by molar-refractivity contribution is 6.39. The van der Waals surface area contributed by atoms with Crippen LogP contribution in [-0.2, 0) is 20.9 Å². The Kier molecular flexibility index (Phi) is 6.74. The first-order chi connectivity index (χ1) is 12.5. The third kappa shape index (κ3) is 4.61. The molecular formula is C19H19ClN2O4. The van der Waals surface area contributed by atoms with Crippen molar-refractivity contribution in [2.45, 2.75) is 19.5 Å². The number of benzene rings is 2. The fraction of sp³-hybridized carbons (Fsp3) is 0.211. The minimum Gasteiger partial charge on any atom is -0.495 e. The second kappa shape index (κ2) is 9.01. The van der Waals surface area contributed by atoms with Crippen molar-refractivity contribution in [1.29, 1.82) is 0 Å². The summed E-state index contributed by atoms with van der Waals surface area (Å²) >= 11 is 5.89. The number of amides is 2. The Labute approximate surface area is 156 Å². The van der Waals surface area contributed by atoms with Crippen LogP contribution in [0.3, 0.4) is 0 Å². The number of hydrogen-bond donors (Lipinski definition) is 1. The summed E-state index contributed by atoms with van der Waals surface area (Å²) in [5.41, 5.74) is 1.18. The molecule has 6 nitrogen and oxygen atoms in total. The van der Waals surface area contributed by atoms with E-state index in [1.807, 2.05) is 0 Å². The van der Waals surface area contributed by atoms with Crippen LogP contribution in [0.2, 0.25) is 5.02 Å². The third-order valence-corrected chi connectivity index (χ3v) is 4.07. The highest BCUT2D eigenvalue weighted by Crippen LogP contribution is 2.28. The molecule has 0 bridgehead atoms. The molecule has 26 heavy (non-hydrogen) atoms. The number of halogens is 1. The monoisotopic (exact) mass is 374 g/mol. The molecule has 0 aromatic heterocycles. The van der Waals surface area contributed by atoms with Crippen LogP contribution in [0.4, 0.5) is 5.69 Å². The summed E-state index contributed by atoms with van der Waals surface area (Å²) in [4.78, 5) is 37.3. The average molecular weight is 375 g/mol. The number of hydrogen-bond acceptors (Lipinski definition) is 4. The van der Waals surface area contributed by atoms with E-state index in [2.05, 4.69) is 5.32 Å². The number of Topliss-reactive ketones (excluding diaryl/α,β-unsaturated/α-hetero) is 1. The summed E-state index contributed by atoms with van der Waals surface area (Å²) in [7, 11) is 1.46. The van der Waals surface area contributed by atoms with E-state index in [-0.39, 0.29) is 6.54 Å². The number of anilines is 1. The molecular weight excluding hydrogens is 356 g/mol. The standard InChI is InChI=1S/C19H19ClN2O4/c1-13(22(12-23)16-8-3-4-9-17(16)26-2)18(24)19(25)21-11-14-6-5-7-15(20)10-14/h3-10,12-13H,11H2,1-2H3,(H,21,25)/t13-/m1/s1. The van der Waals surface area contributed by atoms with Crippen LogP contribution in [0.5, 0.6) is 5.75 Å². The number of carbonyl (C=O) groups is 3. The fourth-order valence-electron chi connectivity index (χ4n) is 2.43. The predicted octanol–water partition coefficient (Wildman–Crippen LogP) is 2.59. The maximum absolute atomic E-state index is 12.4. The van der Waals surface area contributed by atoms with Gasteiger partial charge in [-0.25, -0.2) is 0 Å². The molecule has 2 amide bonds. The van der Waals surface area contributed by atoms with Gasteiger partial charge in [0.25, 0.3) is 5.91 Å². The number of ether oxygens (including phenoxy) is 1. The predicted molar refractivity (Wildman–Crippen MR) is 99.3 cm³/mol. The van der Waals surface area contributed by atoms with Crippen molar-refractivity contribution in [1.82, 2.24) is 5.32 Å². The number of carbonyl (C=O) groups excluding carboxylic acids is 3. The van der Waals surface area contributed by atoms with Gasteiger partial charge in [-0.3, -0.25) is 14.4 Å². The molecule has 0 unspecified atom stereocenters. The number of rotatable bonds is 8. The van der Waals surface area contributed by atoms with Gasteiger partial charge in [0.15, 0.2) is 0 Å². The highest BCUT2D eigenvalue weighted by atomic mass is 35.5. The topological polar surface area (TPSA) is 75.7 Å². The van der Waals surface area contributed by atoms with Gasteiger partial charge in [-0.15, -0.1) is 0 Å². The zero-order chi connectivity index (χ0) is 19.1. The SMILES string of the molecule is COc1ccccc1N(C=O)[C@H](C)C(=O)C(=O)NCc1cccc(Cl)c1. The summed E-state index contributed by atoms with van der Waals surface area (Å²) in [6, 6.07) is 12.7. The van der Waals surface area contributed by atoms with Crippen LogP contribution in [-0.4, -0.2) is 31.3 Å². The second-order valence-corrected chi connectivity index (χ2v) is 5.97. The van der Waals surface area contributed by atoms with Crippen LogP contribution in [0.1, 0.15) is 12.5 Å². The van der Waals surface area contributed by atoms with Gasteiger partial charge in [0.1, 0.15) is 11.8 Å². The van der Waals surface area contributed by atoms with E-state index in [9.17, 15) is 14.4 Å². The van der Waals surface area contributed by atoms with Crippen molar-refractivity contribution in [2.75, 3.05) is 12.0 Å². The highest BCUT2D eigenvalue weighted by Gasteiger charge is 2.28. The van der Waals surface area contributed by atoms with E-state index < -0.39 is 17.7 Å². The molecule has 0 spiro atoms. The summed E-state index contributed by atoms with van der Waals surface area (Å²) < 4.78 is 5.21. The smallest absolute Gasteiger partial charge is 0.289 e. The lowest BCUT2D eigenvalue weighted by molar-refractivity contribution is -0.138. The number of nitrogens with zero attached hydrogens (tertiary/aromatic N) is 1. The molecule has 0 aliphatic heterocycles. The molecule has 0 aliphatic carbocycles. The summed E-state index contributed by atoms with van der Waals surface area (Å²) in [5, 5.41) is 3.09. The van der Waals surface area contributed by atoms with Crippen molar-refractivity contribution in [3.8, 4) is 5.75 Å². The summed E-state index contributed by atoms with van der Waals surface area (Å²) in [5.74, 6) is -1.08. The van der Waals surface area contributed by atoms with Crippen molar-refractivity contribution < 1.29 is 19.1 Å². The average Bonchev–Trinajstić information content (AvgIpc) is 2.66. The second-order valence-electron chi connectivity index (χ2n) is 5.54. The van der Waals surface area contributed by atoms with Gasteiger partial charge >= 0.3 is 0 Å². The first kappa shape index (κ1) is 19.5. The van der Waals surface area contributed by atoms with Crippen LogP contribution >= 0.6 is 11.6 Å². The Hall–Kier alpha value is -2.86. The van der Waals surface area contributed by atoms with Gasteiger partial charge in [0.2, 0.25) is 12.2 Å². The van der Waals surface area contributed by atoms with E-state index in [1.165, 1.54) is 18.9 Å². The van der Waals surface area contributed by atoms with Crippen LogP contribution in [0.15, 0.2) is 48.5 Å². The van der Waals surface area contributed by atoms with E-state index >= 15 is 0 Å². The first-order valence-electron chi connectivity index (χ1n) is 7.91. The molecule has 1 N–H and O–H groups in total. The molecule has 0 heterocycles. The Morgan fingerprint density at radius 3 is 2.62 bits per heavy atom. The minimum absolute atomic E-state index is 0.160. The Balaban J connectivity index is 2.08. The van der Waals surface area contributed by atoms with Gasteiger partial charge in [-0.1, -0.05) is 35.9 Å². The van der Waals surface area contributed by atoms with Crippen molar-refractivity contribution in [3.63, 3.8) is 0 Å². The number of methoxy groups -OCH3 is 1. The molecule has 0 saturated heterocycles. The lowest BCUT2D eigenvalue weighted by Gasteiger charge is -2.25. The molecule has 1 atom stereocenters. The first-order valence-corrected chi connectivity index (χ1v) is 8.29. The van der Waals surface area contributed by atoms with Gasteiger partial charge in [0, 0.05) is 11.6 Å². The maximum Gasteiger partial charge on any atom is 0.289 e. The van der Waals surface area contributed by atoms with Gasteiger partial charge in [-0.05, 0) is 36.8 Å². The van der Waals surface area contributed by atoms with Crippen LogP contribution in [0.25, 0.3) is 0 Å². The largest absolute Gasteiger partial charge is 0.495 e. The maximum atomic E-state index is 12.4.